The quantitative estimate of drug-likeness (QED) is 0.598. The zero-order chi connectivity index (χ0) is 18.9. The summed E-state index contributed by atoms with van der Waals surface area (Å²) >= 11 is 0. The molecule has 0 aliphatic heterocycles. The number of hydrogen-bond acceptors (Lipinski definition) is 4. The van der Waals surface area contributed by atoms with Crippen molar-refractivity contribution in [2.45, 2.75) is 38.2 Å². The van der Waals surface area contributed by atoms with Crippen LogP contribution in [0.15, 0.2) is 70.9 Å². The van der Waals surface area contributed by atoms with E-state index >= 15 is 0 Å². The first-order valence-corrected chi connectivity index (χ1v) is 10.8. The second-order valence-electron chi connectivity index (χ2n) is 6.43. The summed E-state index contributed by atoms with van der Waals surface area (Å²) in [5, 5.41) is 8.66. The van der Waals surface area contributed by atoms with E-state index in [1.54, 1.807) is 0 Å². The molecule has 7 heteroatoms. The first-order valence-electron chi connectivity index (χ1n) is 9.15. The zero-order valence-corrected chi connectivity index (χ0v) is 16.1. The number of nitrogens with zero attached hydrogens (tertiary/aromatic N) is 2. The van der Waals surface area contributed by atoms with Gasteiger partial charge in [-0.3, -0.25) is 0 Å². The molecular formula is C20H22N2O4Si. The molecule has 0 heterocycles. The average molecular weight is 382 g/mol. The van der Waals surface area contributed by atoms with Crippen LogP contribution in [0.4, 0.5) is 9.59 Å². The highest BCUT2D eigenvalue weighted by molar-refractivity contribution is 6.81. The van der Waals surface area contributed by atoms with Gasteiger partial charge in [-0.25, -0.2) is 9.59 Å². The van der Waals surface area contributed by atoms with Gasteiger partial charge in [-0.1, -0.05) is 77.3 Å². The van der Waals surface area contributed by atoms with Gasteiger partial charge in [0.25, 0.3) is 0 Å². The lowest BCUT2D eigenvalue weighted by molar-refractivity contribution is 0.0817. The summed E-state index contributed by atoms with van der Waals surface area (Å²) in [6, 6.07) is 19.1. The lowest BCUT2D eigenvalue weighted by atomic mass is 9.98. The number of rotatable bonds is 4. The van der Waals surface area contributed by atoms with Crippen molar-refractivity contribution in [2.75, 3.05) is 0 Å². The molecule has 1 fully saturated rings. The Balaban J connectivity index is 1.63. The molecule has 0 aromatic heterocycles. The normalized spacial score (nSPS) is 15.0. The molecule has 27 heavy (non-hydrogen) atoms. The van der Waals surface area contributed by atoms with Crippen LogP contribution in [0.5, 0.6) is 0 Å². The maximum Gasteiger partial charge on any atom is 0.452 e. The Bertz CT molecular complexity index is 738. The van der Waals surface area contributed by atoms with Crippen molar-refractivity contribution in [3.05, 3.63) is 60.7 Å². The van der Waals surface area contributed by atoms with E-state index in [4.69, 9.17) is 9.16 Å². The van der Waals surface area contributed by atoms with Crippen LogP contribution < -0.4 is 10.4 Å². The number of azo groups is 1. The maximum absolute atomic E-state index is 12.1. The Kier molecular flexibility index (Phi) is 6.87. The molecule has 3 rings (SSSR count). The summed E-state index contributed by atoms with van der Waals surface area (Å²) in [4.78, 5) is 23.9. The van der Waals surface area contributed by atoms with Crippen molar-refractivity contribution in [1.82, 2.24) is 0 Å². The van der Waals surface area contributed by atoms with Gasteiger partial charge in [-0.2, -0.15) is 0 Å². The van der Waals surface area contributed by atoms with E-state index < -0.39 is 21.2 Å². The molecule has 1 saturated carbocycles. The van der Waals surface area contributed by atoms with Gasteiger partial charge in [0, 0.05) is 0 Å². The van der Waals surface area contributed by atoms with Gasteiger partial charge in [0.1, 0.15) is 6.10 Å². The summed E-state index contributed by atoms with van der Waals surface area (Å²) in [7, 11) is -2.26. The molecule has 2 aromatic carbocycles. The second-order valence-corrected chi connectivity index (χ2v) is 8.76. The van der Waals surface area contributed by atoms with Gasteiger partial charge in [0.15, 0.2) is 0 Å². The first-order chi connectivity index (χ1) is 13.2. The van der Waals surface area contributed by atoms with Gasteiger partial charge in [0.05, 0.1) is 0 Å². The minimum absolute atomic E-state index is 0.128. The molecule has 0 unspecified atom stereocenters. The second kappa shape index (κ2) is 9.77. The van der Waals surface area contributed by atoms with Crippen molar-refractivity contribution < 1.29 is 18.8 Å². The van der Waals surface area contributed by atoms with Crippen molar-refractivity contribution in [1.29, 1.82) is 0 Å². The molecule has 2 amide bonds. The molecule has 140 valence electrons. The summed E-state index contributed by atoms with van der Waals surface area (Å²) in [5.41, 5.74) is 0. The molecule has 6 nitrogen and oxygen atoms in total. The first kappa shape index (κ1) is 19.0. The number of amides is 2. The van der Waals surface area contributed by atoms with E-state index in [1.165, 1.54) is 0 Å². The molecular weight excluding hydrogens is 360 g/mol. The van der Waals surface area contributed by atoms with E-state index in [9.17, 15) is 9.59 Å². The van der Waals surface area contributed by atoms with Crippen molar-refractivity contribution in [3.63, 3.8) is 0 Å². The summed E-state index contributed by atoms with van der Waals surface area (Å²) in [5.74, 6) is 0. The molecule has 1 aliphatic carbocycles. The number of ether oxygens (including phenoxy) is 1. The Morgan fingerprint density at radius 1 is 0.778 bits per heavy atom. The molecule has 0 N–H and O–H groups in total. The maximum atomic E-state index is 12.1. The lowest BCUT2D eigenvalue weighted by Gasteiger charge is -2.20. The average Bonchev–Trinajstić information content (AvgIpc) is 2.72. The third-order valence-electron chi connectivity index (χ3n) is 4.46. The fourth-order valence-corrected chi connectivity index (χ4v) is 5.19. The van der Waals surface area contributed by atoms with Crippen LogP contribution in [0.1, 0.15) is 32.1 Å². The predicted octanol–water partition coefficient (Wildman–Crippen LogP) is 3.58. The van der Waals surface area contributed by atoms with Crippen LogP contribution in [0.3, 0.4) is 0 Å². The molecule has 0 spiro atoms. The molecule has 0 radical (unpaired) electrons. The largest absolute Gasteiger partial charge is 0.495 e. The number of carbonyl (C=O) groups is 2. The highest BCUT2D eigenvalue weighted by atomic mass is 28.3. The van der Waals surface area contributed by atoms with Crippen molar-refractivity contribution >= 4 is 31.6 Å². The highest BCUT2D eigenvalue weighted by Gasteiger charge is 2.22. The van der Waals surface area contributed by atoms with Gasteiger partial charge < -0.3 is 9.16 Å². The zero-order valence-electron chi connectivity index (χ0n) is 15.0. The minimum Gasteiger partial charge on any atom is -0.495 e. The molecule has 0 atom stereocenters. The van der Waals surface area contributed by atoms with E-state index in [0.717, 1.165) is 42.5 Å². The third kappa shape index (κ3) is 5.85. The van der Waals surface area contributed by atoms with E-state index in [-0.39, 0.29) is 6.10 Å². The fourth-order valence-electron chi connectivity index (χ4n) is 3.14. The summed E-state index contributed by atoms with van der Waals surface area (Å²) in [6.45, 7) is 0. The number of hydrogen-bond donors (Lipinski definition) is 0. The monoisotopic (exact) mass is 382 g/mol. The standard InChI is InChI=1S/C20H22N2O4Si/c23-19(25-16-10-4-1-5-11-16)21-22-20(24)26-27(17-12-6-2-7-13-17)18-14-8-3-9-15-18/h2-3,6-9,12-16,27H,1,4-5,10-11H2. The highest BCUT2D eigenvalue weighted by Crippen LogP contribution is 2.20. The topological polar surface area (TPSA) is 77.3 Å². The third-order valence-corrected chi connectivity index (χ3v) is 6.87. The SMILES string of the molecule is O=C(N=NC(=O)O[SiH](c1ccccc1)c1ccccc1)OC1CCCCC1. The van der Waals surface area contributed by atoms with Crippen LogP contribution in [0.25, 0.3) is 0 Å². The number of carbonyl (C=O) groups excluding carboxylic acids is 2. The van der Waals surface area contributed by atoms with E-state index in [1.807, 2.05) is 60.7 Å². The van der Waals surface area contributed by atoms with Crippen molar-refractivity contribution in [2.24, 2.45) is 10.2 Å². The minimum atomic E-state index is -2.26. The molecule has 1 aliphatic rings. The van der Waals surface area contributed by atoms with Crippen LogP contribution in [0, 0.1) is 0 Å². The van der Waals surface area contributed by atoms with Crippen LogP contribution in [-0.4, -0.2) is 27.3 Å². The molecule has 0 bridgehead atoms. The van der Waals surface area contributed by atoms with Gasteiger partial charge >= 0.3 is 21.2 Å². The Labute approximate surface area is 160 Å². The van der Waals surface area contributed by atoms with Gasteiger partial charge in [0.2, 0.25) is 0 Å². The van der Waals surface area contributed by atoms with Crippen LogP contribution in [-0.2, 0) is 9.16 Å². The van der Waals surface area contributed by atoms with E-state index in [0.29, 0.717) is 0 Å². The Morgan fingerprint density at radius 2 is 1.30 bits per heavy atom. The van der Waals surface area contributed by atoms with Crippen LogP contribution >= 0.6 is 0 Å². The van der Waals surface area contributed by atoms with E-state index in [2.05, 4.69) is 10.2 Å². The lowest BCUT2D eigenvalue weighted by Crippen LogP contribution is -2.45. The fraction of sp³-hybridized carbons (Fsp3) is 0.300. The molecule has 2 aromatic rings. The van der Waals surface area contributed by atoms with Gasteiger partial charge in [-0.05, 0) is 36.1 Å². The number of benzene rings is 2. The Morgan fingerprint density at radius 3 is 1.85 bits per heavy atom. The summed E-state index contributed by atoms with van der Waals surface area (Å²) in [6.07, 6.45) is 3.07. The van der Waals surface area contributed by atoms with Crippen LogP contribution in [0.2, 0.25) is 0 Å². The van der Waals surface area contributed by atoms with Crippen molar-refractivity contribution in [3.8, 4) is 0 Å². The summed E-state index contributed by atoms with van der Waals surface area (Å²) < 4.78 is 10.8. The predicted molar refractivity (Wildman–Crippen MR) is 104 cm³/mol. The Hall–Kier alpha value is -2.80. The van der Waals surface area contributed by atoms with Gasteiger partial charge in [-0.15, -0.1) is 0 Å². The molecule has 0 saturated heterocycles. The smallest absolute Gasteiger partial charge is 0.452 e.